The Labute approximate surface area is 149 Å². The van der Waals surface area contributed by atoms with Crippen LogP contribution in [0.1, 0.15) is 12.0 Å². The SMILES string of the molecule is O=C1C[C@H](NCCc2c[nH]c3ccccc23)C(=O)N1c1ccccc1F. The Hall–Kier alpha value is -2.99. The highest BCUT2D eigenvalue weighted by Gasteiger charge is 2.40. The first-order valence-electron chi connectivity index (χ1n) is 8.55. The molecule has 5 nitrogen and oxygen atoms in total. The van der Waals surface area contributed by atoms with Gasteiger partial charge in [-0.2, -0.15) is 0 Å². The van der Waals surface area contributed by atoms with Gasteiger partial charge in [-0.3, -0.25) is 9.59 Å². The predicted molar refractivity (Wildman–Crippen MR) is 97.3 cm³/mol. The third-order valence-electron chi connectivity index (χ3n) is 4.70. The van der Waals surface area contributed by atoms with E-state index < -0.39 is 17.8 Å². The lowest BCUT2D eigenvalue weighted by atomic mass is 10.1. The minimum Gasteiger partial charge on any atom is -0.361 e. The Morgan fingerprint density at radius 2 is 1.88 bits per heavy atom. The molecule has 1 saturated heterocycles. The Bertz CT molecular complexity index is 982. The molecule has 3 aromatic rings. The van der Waals surface area contributed by atoms with E-state index >= 15 is 0 Å². The van der Waals surface area contributed by atoms with E-state index in [1.54, 1.807) is 6.07 Å². The molecule has 132 valence electrons. The minimum atomic E-state index is -0.618. The fourth-order valence-electron chi connectivity index (χ4n) is 3.40. The van der Waals surface area contributed by atoms with Crippen LogP contribution in [0.25, 0.3) is 10.9 Å². The van der Waals surface area contributed by atoms with Crippen molar-refractivity contribution in [3.63, 3.8) is 0 Å². The van der Waals surface area contributed by atoms with E-state index in [-0.39, 0.29) is 18.0 Å². The van der Waals surface area contributed by atoms with Crippen LogP contribution in [-0.2, 0) is 16.0 Å². The summed E-state index contributed by atoms with van der Waals surface area (Å²) < 4.78 is 13.9. The molecule has 6 heteroatoms. The first-order chi connectivity index (χ1) is 12.6. The van der Waals surface area contributed by atoms with Gasteiger partial charge in [-0.15, -0.1) is 0 Å². The monoisotopic (exact) mass is 351 g/mol. The number of aromatic nitrogens is 1. The summed E-state index contributed by atoms with van der Waals surface area (Å²) in [7, 11) is 0. The molecule has 1 aliphatic heterocycles. The van der Waals surface area contributed by atoms with Crippen molar-refractivity contribution in [3.8, 4) is 0 Å². The van der Waals surface area contributed by atoms with E-state index in [4.69, 9.17) is 0 Å². The molecule has 2 N–H and O–H groups in total. The van der Waals surface area contributed by atoms with Gasteiger partial charge < -0.3 is 10.3 Å². The highest BCUT2D eigenvalue weighted by molar-refractivity contribution is 6.22. The summed E-state index contributed by atoms with van der Waals surface area (Å²) in [6.45, 7) is 0.552. The van der Waals surface area contributed by atoms with Crippen LogP contribution in [0.2, 0.25) is 0 Å². The fraction of sp³-hybridized carbons (Fsp3) is 0.200. The first-order valence-corrected chi connectivity index (χ1v) is 8.55. The van der Waals surface area contributed by atoms with Gasteiger partial charge in [-0.25, -0.2) is 9.29 Å². The van der Waals surface area contributed by atoms with E-state index in [0.717, 1.165) is 27.8 Å². The normalized spacial score (nSPS) is 17.4. The molecule has 1 fully saturated rings. The maximum absolute atomic E-state index is 13.9. The summed E-state index contributed by atoms with van der Waals surface area (Å²) in [5.41, 5.74) is 2.24. The van der Waals surface area contributed by atoms with Crippen LogP contribution in [0, 0.1) is 5.82 Å². The third kappa shape index (κ3) is 2.88. The van der Waals surface area contributed by atoms with Crippen LogP contribution in [0.15, 0.2) is 54.7 Å². The van der Waals surface area contributed by atoms with Crippen molar-refractivity contribution in [2.45, 2.75) is 18.9 Å². The Morgan fingerprint density at radius 1 is 1.12 bits per heavy atom. The van der Waals surface area contributed by atoms with Crippen LogP contribution in [0.4, 0.5) is 10.1 Å². The lowest BCUT2D eigenvalue weighted by molar-refractivity contribution is -0.121. The largest absolute Gasteiger partial charge is 0.361 e. The number of nitrogens with one attached hydrogen (secondary N) is 2. The van der Waals surface area contributed by atoms with Crippen LogP contribution >= 0.6 is 0 Å². The molecule has 2 heterocycles. The highest BCUT2D eigenvalue weighted by Crippen LogP contribution is 2.25. The van der Waals surface area contributed by atoms with Crippen molar-refractivity contribution in [2.24, 2.45) is 0 Å². The number of anilines is 1. The number of imide groups is 1. The van der Waals surface area contributed by atoms with Crippen molar-refractivity contribution in [1.29, 1.82) is 0 Å². The van der Waals surface area contributed by atoms with Gasteiger partial charge in [0.15, 0.2) is 0 Å². The van der Waals surface area contributed by atoms with E-state index in [1.165, 1.54) is 18.2 Å². The number of hydrogen-bond acceptors (Lipinski definition) is 3. The van der Waals surface area contributed by atoms with Gasteiger partial charge in [0.25, 0.3) is 5.91 Å². The van der Waals surface area contributed by atoms with Gasteiger partial charge in [-0.05, 0) is 30.2 Å². The quantitative estimate of drug-likeness (QED) is 0.695. The van der Waals surface area contributed by atoms with Crippen molar-refractivity contribution >= 4 is 28.4 Å². The molecule has 1 atom stereocenters. The molecule has 2 amide bonds. The average molecular weight is 351 g/mol. The van der Waals surface area contributed by atoms with E-state index in [1.807, 2.05) is 30.5 Å². The van der Waals surface area contributed by atoms with Gasteiger partial charge in [0.1, 0.15) is 5.82 Å². The number of hydrogen-bond donors (Lipinski definition) is 2. The topological polar surface area (TPSA) is 65.2 Å². The molecular weight excluding hydrogens is 333 g/mol. The number of fused-ring (bicyclic) bond motifs is 1. The third-order valence-corrected chi connectivity index (χ3v) is 4.70. The molecule has 0 unspecified atom stereocenters. The van der Waals surface area contributed by atoms with E-state index in [9.17, 15) is 14.0 Å². The molecule has 1 aliphatic rings. The molecule has 4 rings (SSSR count). The van der Waals surface area contributed by atoms with Gasteiger partial charge in [-0.1, -0.05) is 30.3 Å². The summed E-state index contributed by atoms with van der Waals surface area (Å²) in [6, 6.07) is 13.2. The molecule has 26 heavy (non-hydrogen) atoms. The number of H-pyrrole nitrogens is 1. The number of carbonyl (C=O) groups excluding carboxylic acids is 2. The molecule has 2 aromatic carbocycles. The van der Waals surface area contributed by atoms with Gasteiger partial charge in [0, 0.05) is 23.6 Å². The lowest BCUT2D eigenvalue weighted by Crippen LogP contribution is -2.39. The standard InChI is InChI=1S/C20H18FN3O2/c21-15-6-2-4-8-18(15)24-19(25)11-17(20(24)26)22-10-9-13-12-23-16-7-3-1-5-14(13)16/h1-8,12,17,22-23H,9-11H2/t17-/m0/s1. The van der Waals surface area contributed by atoms with Crippen LogP contribution < -0.4 is 10.2 Å². The minimum absolute atomic E-state index is 0.0171. The number of para-hydroxylation sites is 2. The molecular formula is C20H18FN3O2. The maximum atomic E-state index is 13.9. The summed E-state index contributed by atoms with van der Waals surface area (Å²) in [4.78, 5) is 28.9. The number of rotatable bonds is 5. The summed E-state index contributed by atoms with van der Waals surface area (Å²) in [5.74, 6) is -1.36. The van der Waals surface area contributed by atoms with E-state index in [2.05, 4.69) is 10.3 Å². The van der Waals surface area contributed by atoms with Crippen molar-refractivity contribution < 1.29 is 14.0 Å². The van der Waals surface area contributed by atoms with Crippen LogP contribution in [0.5, 0.6) is 0 Å². The summed E-state index contributed by atoms with van der Waals surface area (Å²) >= 11 is 0. The predicted octanol–water partition coefficient (Wildman–Crippen LogP) is 2.77. The zero-order valence-electron chi connectivity index (χ0n) is 14.0. The van der Waals surface area contributed by atoms with Crippen molar-refractivity contribution in [3.05, 3.63) is 66.1 Å². The molecule has 0 aliphatic carbocycles. The van der Waals surface area contributed by atoms with Crippen LogP contribution in [-0.4, -0.2) is 29.4 Å². The summed E-state index contributed by atoms with van der Waals surface area (Å²) in [5, 5.41) is 4.28. The zero-order valence-corrected chi connectivity index (χ0v) is 14.0. The smallest absolute Gasteiger partial charge is 0.251 e. The number of halogens is 1. The van der Waals surface area contributed by atoms with Gasteiger partial charge >= 0.3 is 0 Å². The fourth-order valence-corrected chi connectivity index (χ4v) is 3.40. The Kier molecular flexibility index (Phi) is 4.26. The highest BCUT2D eigenvalue weighted by atomic mass is 19.1. The molecule has 0 saturated carbocycles. The van der Waals surface area contributed by atoms with Gasteiger partial charge in [0.2, 0.25) is 5.91 Å². The van der Waals surface area contributed by atoms with Crippen LogP contribution in [0.3, 0.4) is 0 Å². The van der Waals surface area contributed by atoms with Crippen molar-refractivity contribution in [2.75, 3.05) is 11.4 Å². The number of amides is 2. The molecule has 0 radical (unpaired) electrons. The lowest BCUT2D eigenvalue weighted by Gasteiger charge is -2.16. The second-order valence-electron chi connectivity index (χ2n) is 6.34. The second kappa shape index (κ2) is 6.72. The number of carbonyl (C=O) groups is 2. The number of nitrogens with zero attached hydrogens (tertiary/aromatic N) is 1. The second-order valence-corrected chi connectivity index (χ2v) is 6.34. The Morgan fingerprint density at radius 3 is 2.73 bits per heavy atom. The molecule has 1 aromatic heterocycles. The number of aromatic amines is 1. The number of benzene rings is 2. The zero-order chi connectivity index (χ0) is 18.1. The average Bonchev–Trinajstić information content (AvgIpc) is 3.17. The van der Waals surface area contributed by atoms with Gasteiger partial charge in [0.05, 0.1) is 18.2 Å². The van der Waals surface area contributed by atoms with E-state index in [0.29, 0.717) is 6.54 Å². The summed E-state index contributed by atoms with van der Waals surface area (Å²) in [6.07, 6.45) is 2.72. The maximum Gasteiger partial charge on any atom is 0.251 e. The first kappa shape index (κ1) is 16.5. The molecule has 0 spiro atoms. The Balaban J connectivity index is 1.42. The molecule has 0 bridgehead atoms. The van der Waals surface area contributed by atoms with Crippen molar-refractivity contribution in [1.82, 2.24) is 10.3 Å².